The minimum atomic E-state index is 0.628. The molecule has 0 radical (unpaired) electrons. The summed E-state index contributed by atoms with van der Waals surface area (Å²) in [5, 5.41) is 0. The van der Waals surface area contributed by atoms with E-state index in [2.05, 4.69) is 24.8 Å². The topological polar surface area (TPSA) is 16.4 Å². The van der Waals surface area contributed by atoms with Crippen LogP contribution >= 0.6 is 0 Å². The molecule has 2 rings (SSSR count). The van der Waals surface area contributed by atoms with E-state index < -0.39 is 0 Å². The van der Waals surface area contributed by atoms with Gasteiger partial charge in [-0.25, -0.2) is 0 Å². The van der Waals surface area contributed by atoms with Crippen LogP contribution < -0.4 is 0 Å². The highest BCUT2D eigenvalue weighted by Crippen LogP contribution is 2.20. The van der Waals surface area contributed by atoms with Crippen molar-refractivity contribution in [3.63, 3.8) is 0 Å². The van der Waals surface area contributed by atoms with Crippen molar-refractivity contribution < 1.29 is 4.42 Å². The van der Waals surface area contributed by atoms with Crippen molar-refractivity contribution in [2.45, 2.75) is 32.9 Å². The minimum absolute atomic E-state index is 0.628. The quantitative estimate of drug-likeness (QED) is 0.633. The second-order valence-corrected chi connectivity index (χ2v) is 3.68. The Kier molecular flexibility index (Phi) is 1.93. The lowest BCUT2D eigenvalue weighted by Crippen LogP contribution is -2.35. The molecule has 2 heteroatoms. The summed E-state index contributed by atoms with van der Waals surface area (Å²) >= 11 is 0. The molecule has 0 aliphatic carbocycles. The lowest BCUT2D eigenvalue weighted by atomic mass is 10.1. The molecule has 2 heterocycles. The van der Waals surface area contributed by atoms with Crippen molar-refractivity contribution in [2.75, 3.05) is 6.54 Å². The summed E-state index contributed by atoms with van der Waals surface area (Å²) in [5.74, 6) is 1.16. The van der Waals surface area contributed by atoms with Crippen LogP contribution in [0.1, 0.15) is 25.2 Å². The van der Waals surface area contributed by atoms with E-state index in [1.165, 1.54) is 12.1 Å². The van der Waals surface area contributed by atoms with Crippen LogP contribution in [-0.4, -0.2) is 17.5 Å². The van der Waals surface area contributed by atoms with Gasteiger partial charge < -0.3 is 4.42 Å². The average molecular weight is 165 g/mol. The Morgan fingerprint density at radius 3 is 3.08 bits per heavy atom. The first-order chi connectivity index (χ1) is 5.77. The molecule has 0 atom stereocenters. The first kappa shape index (κ1) is 7.87. The molecule has 0 bridgehead atoms. The lowest BCUT2D eigenvalue weighted by Gasteiger charge is -2.29. The highest BCUT2D eigenvalue weighted by Gasteiger charge is 2.19. The predicted molar refractivity (Wildman–Crippen MR) is 48.0 cm³/mol. The first-order valence-electron chi connectivity index (χ1n) is 4.56. The molecular formula is C10H15NO. The molecule has 0 N–H and O–H groups in total. The van der Waals surface area contributed by atoms with Crippen LogP contribution in [-0.2, 0) is 13.0 Å². The maximum atomic E-state index is 5.39. The van der Waals surface area contributed by atoms with E-state index in [1.807, 2.05) is 0 Å². The van der Waals surface area contributed by atoms with E-state index in [9.17, 15) is 0 Å². The SMILES string of the molecule is CC(C)N1CCc2ccoc2C1. The number of nitrogens with zero attached hydrogens (tertiary/aromatic N) is 1. The van der Waals surface area contributed by atoms with Gasteiger partial charge in [0.1, 0.15) is 5.76 Å². The van der Waals surface area contributed by atoms with E-state index in [4.69, 9.17) is 4.42 Å². The zero-order valence-electron chi connectivity index (χ0n) is 7.71. The number of hydrogen-bond donors (Lipinski definition) is 0. The number of fused-ring (bicyclic) bond motifs is 1. The summed E-state index contributed by atoms with van der Waals surface area (Å²) in [6, 6.07) is 2.72. The van der Waals surface area contributed by atoms with Crippen molar-refractivity contribution in [2.24, 2.45) is 0 Å². The summed E-state index contributed by atoms with van der Waals surface area (Å²) in [4.78, 5) is 2.44. The van der Waals surface area contributed by atoms with Crippen molar-refractivity contribution >= 4 is 0 Å². The van der Waals surface area contributed by atoms with Crippen LogP contribution in [0.25, 0.3) is 0 Å². The fourth-order valence-corrected chi connectivity index (χ4v) is 1.70. The molecular weight excluding hydrogens is 150 g/mol. The van der Waals surface area contributed by atoms with Gasteiger partial charge in [0.2, 0.25) is 0 Å². The van der Waals surface area contributed by atoms with Gasteiger partial charge in [-0.3, -0.25) is 4.90 Å². The fraction of sp³-hybridized carbons (Fsp3) is 0.600. The molecule has 0 unspecified atom stereocenters. The Balaban J connectivity index is 2.15. The maximum Gasteiger partial charge on any atom is 0.120 e. The predicted octanol–water partition coefficient (Wildman–Crippen LogP) is 2.05. The molecule has 1 aromatic rings. The third-order valence-corrected chi connectivity index (χ3v) is 2.58. The third kappa shape index (κ3) is 1.27. The molecule has 0 saturated carbocycles. The summed E-state index contributed by atoms with van der Waals surface area (Å²) in [7, 11) is 0. The second-order valence-electron chi connectivity index (χ2n) is 3.68. The summed E-state index contributed by atoms with van der Waals surface area (Å²) in [6.07, 6.45) is 2.94. The highest BCUT2D eigenvalue weighted by molar-refractivity contribution is 5.19. The Bertz CT molecular complexity index is 265. The van der Waals surface area contributed by atoms with Crippen LogP contribution in [0.2, 0.25) is 0 Å². The monoisotopic (exact) mass is 165 g/mol. The van der Waals surface area contributed by atoms with E-state index in [0.717, 1.165) is 18.7 Å². The van der Waals surface area contributed by atoms with E-state index in [-0.39, 0.29) is 0 Å². The van der Waals surface area contributed by atoms with Gasteiger partial charge in [-0.15, -0.1) is 0 Å². The number of hydrogen-bond acceptors (Lipinski definition) is 2. The van der Waals surface area contributed by atoms with Crippen LogP contribution in [0.3, 0.4) is 0 Å². The van der Waals surface area contributed by atoms with Gasteiger partial charge in [-0.2, -0.15) is 0 Å². The van der Waals surface area contributed by atoms with Gasteiger partial charge in [-0.05, 0) is 31.9 Å². The number of furan rings is 1. The Hall–Kier alpha value is -0.760. The van der Waals surface area contributed by atoms with Crippen LogP contribution in [0, 0.1) is 0 Å². The standard InChI is InChI=1S/C10H15NO/c1-8(2)11-5-3-9-4-6-12-10(9)7-11/h4,6,8H,3,5,7H2,1-2H3. The zero-order chi connectivity index (χ0) is 8.55. The van der Waals surface area contributed by atoms with Crippen LogP contribution in [0.4, 0.5) is 0 Å². The van der Waals surface area contributed by atoms with Crippen molar-refractivity contribution in [3.8, 4) is 0 Å². The normalized spacial score (nSPS) is 18.2. The summed E-state index contributed by atoms with van der Waals surface area (Å²) < 4.78 is 5.39. The van der Waals surface area contributed by atoms with Crippen molar-refractivity contribution in [3.05, 3.63) is 23.7 Å². The Labute approximate surface area is 73.2 Å². The largest absolute Gasteiger partial charge is 0.468 e. The Morgan fingerprint density at radius 1 is 1.50 bits per heavy atom. The molecule has 0 amide bonds. The highest BCUT2D eigenvalue weighted by atomic mass is 16.3. The molecule has 66 valence electrons. The van der Waals surface area contributed by atoms with Gasteiger partial charge in [-0.1, -0.05) is 0 Å². The summed E-state index contributed by atoms with van der Waals surface area (Å²) in [6.45, 7) is 6.62. The summed E-state index contributed by atoms with van der Waals surface area (Å²) in [5.41, 5.74) is 1.40. The molecule has 0 fully saturated rings. The molecule has 0 saturated heterocycles. The molecule has 0 aromatic carbocycles. The van der Waals surface area contributed by atoms with Gasteiger partial charge >= 0.3 is 0 Å². The first-order valence-corrected chi connectivity index (χ1v) is 4.56. The second kappa shape index (κ2) is 2.94. The number of rotatable bonds is 1. The smallest absolute Gasteiger partial charge is 0.120 e. The molecule has 1 aliphatic heterocycles. The van der Waals surface area contributed by atoms with Crippen molar-refractivity contribution in [1.82, 2.24) is 4.90 Å². The molecule has 12 heavy (non-hydrogen) atoms. The maximum absolute atomic E-state index is 5.39. The Morgan fingerprint density at radius 2 is 2.33 bits per heavy atom. The molecule has 2 nitrogen and oxygen atoms in total. The van der Waals surface area contributed by atoms with Crippen LogP contribution in [0.15, 0.2) is 16.7 Å². The molecule has 1 aliphatic rings. The van der Waals surface area contributed by atoms with Gasteiger partial charge in [0.05, 0.1) is 12.8 Å². The van der Waals surface area contributed by atoms with Gasteiger partial charge in [0.25, 0.3) is 0 Å². The molecule has 1 aromatic heterocycles. The van der Waals surface area contributed by atoms with E-state index >= 15 is 0 Å². The third-order valence-electron chi connectivity index (χ3n) is 2.58. The zero-order valence-corrected chi connectivity index (χ0v) is 7.71. The van der Waals surface area contributed by atoms with Crippen molar-refractivity contribution in [1.29, 1.82) is 0 Å². The lowest BCUT2D eigenvalue weighted by molar-refractivity contribution is 0.184. The van der Waals surface area contributed by atoms with E-state index in [1.54, 1.807) is 6.26 Å². The average Bonchev–Trinajstić information content (AvgIpc) is 2.49. The van der Waals surface area contributed by atoms with Gasteiger partial charge in [0, 0.05) is 12.6 Å². The molecule has 0 spiro atoms. The minimum Gasteiger partial charge on any atom is -0.468 e. The van der Waals surface area contributed by atoms with Crippen LogP contribution in [0.5, 0.6) is 0 Å². The fourth-order valence-electron chi connectivity index (χ4n) is 1.70. The van der Waals surface area contributed by atoms with Gasteiger partial charge in [0.15, 0.2) is 0 Å². The van der Waals surface area contributed by atoms with E-state index in [0.29, 0.717) is 6.04 Å².